The molecule has 1 nitrogen and oxygen atoms in total. The Morgan fingerprint density at radius 1 is 0.900 bits per heavy atom. The summed E-state index contributed by atoms with van der Waals surface area (Å²) < 4.78 is 0. The van der Waals surface area contributed by atoms with Crippen molar-refractivity contribution in [1.29, 1.82) is 0 Å². The molecule has 0 saturated heterocycles. The molecule has 1 aromatic carbocycles. The molecule has 0 radical (unpaired) electrons. The first-order valence-corrected chi connectivity index (χ1v) is 7.47. The van der Waals surface area contributed by atoms with Gasteiger partial charge in [0.15, 0.2) is 0 Å². The highest BCUT2D eigenvalue weighted by atomic mass is 15.2. The third kappa shape index (κ3) is 3.94. The Labute approximate surface area is 123 Å². The van der Waals surface area contributed by atoms with Crippen molar-refractivity contribution >= 4 is 6.08 Å². The van der Waals surface area contributed by atoms with Crippen LogP contribution in [0.15, 0.2) is 54.1 Å². The zero-order valence-corrected chi connectivity index (χ0v) is 13.0. The van der Waals surface area contributed by atoms with E-state index in [1.165, 1.54) is 16.7 Å². The maximum atomic E-state index is 2.51. The van der Waals surface area contributed by atoms with Gasteiger partial charge in [0, 0.05) is 18.6 Å². The van der Waals surface area contributed by atoms with E-state index in [1.807, 2.05) is 0 Å². The molecule has 1 heteroatoms. The molecule has 0 aliphatic heterocycles. The van der Waals surface area contributed by atoms with Gasteiger partial charge in [0.25, 0.3) is 0 Å². The fourth-order valence-electron chi connectivity index (χ4n) is 2.57. The summed E-state index contributed by atoms with van der Waals surface area (Å²) in [7, 11) is 0. The normalized spacial score (nSPS) is 14.1. The zero-order valence-electron chi connectivity index (χ0n) is 13.0. The molecule has 106 valence electrons. The molecule has 0 unspecified atom stereocenters. The molecule has 0 fully saturated rings. The van der Waals surface area contributed by atoms with E-state index in [4.69, 9.17) is 0 Å². The fourth-order valence-corrected chi connectivity index (χ4v) is 2.57. The number of benzene rings is 1. The van der Waals surface area contributed by atoms with Crippen LogP contribution in [-0.2, 0) is 6.54 Å². The molecule has 0 N–H and O–H groups in total. The lowest BCUT2D eigenvalue weighted by molar-refractivity contribution is 0.166. The number of allylic oxidation sites excluding steroid dienone is 5. The van der Waals surface area contributed by atoms with Crippen molar-refractivity contribution < 1.29 is 0 Å². The van der Waals surface area contributed by atoms with Crippen LogP contribution in [-0.4, -0.2) is 17.0 Å². The first-order chi connectivity index (χ1) is 9.56. The summed E-state index contributed by atoms with van der Waals surface area (Å²) in [5.41, 5.74) is 3.91. The van der Waals surface area contributed by atoms with E-state index in [9.17, 15) is 0 Å². The molecule has 0 heterocycles. The molecule has 0 bridgehead atoms. The Bertz CT molecular complexity index is 493. The van der Waals surface area contributed by atoms with Gasteiger partial charge in [-0.3, -0.25) is 4.90 Å². The number of rotatable bonds is 5. The second-order valence-electron chi connectivity index (χ2n) is 5.96. The molecule has 0 amide bonds. The van der Waals surface area contributed by atoms with Crippen LogP contribution in [0.2, 0.25) is 0 Å². The van der Waals surface area contributed by atoms with Crippen molar-refractivity contribution in [2.24, 2.45) is 0 Å². The number of nitrogens with zero attached hydrogens (tertiary/aromatic N) is 1. The summed E-state index contributed by atoms with van der Waals surface area (Å²) in [5.74, 6) is 0. The quantitative estimate of drug-likeness (QED) is 0.739. The van der Waals surface area contributed by atoms with E-state index in [-0.39, 0.29) is 0 Å². The summed E-state index contributed by atoms with van der Waals surface area (Å²) in [6.45, 7) is 10.1. The second-order valence-corrected chi connectivity index (χ2v) is 5.96. The minimum absolute atomic E-state index is 0.575. The van der Waals surface area contributed by atoms with E-state index in [0.29, 0.717) is 12.1 Å². The monoisotopic (exact) mass is 267 g/mol. The molecule has 2 rings (SSSR count). The molecule has 0 aromatic heterocycles. The van der Waals surface area contributed by atoms with Gasteiger partial charge in [-0.15, -0.1) is 0 Å². The van der Waals surface area contributed by atoms with E-state index in [2.05, 4.69) is 87.2 Å². The molecule has 20 heavy (non-hydrogen) atoms. The van der Waals surface area contributed by atoms with E-state index in [0.717, 1.165) is 6.54 Å². The highest BCUT2D eigenvalue weighted by Gasteiger charge is 2.13. The maximum Gasteiger partial charge on any atom is 0.0239 e. The van der Waals surface area contributed by atoms with Gasteiger partial charge >= 0.3 is 0 Å². The van der Waals surface area contributed by atoms with Gasteiger partial charge in [-0.05, 0) is 50.5 Å². The minimum atomic E-state index is 0.575. The van der Waals surface area contributed by atoms with E-state index in [1.54, 1.807) is 0 Å². The van der Waals surface area contributed by atoms with Gasteiger partial charge in [-0.2, -0.15) is 0 Å². The van der Waals surface area contributed by atoms with E-state index >= 15 is 0 Å². The van der Waals surface area contributed by atoms with Crippen molar-refractivity contribution in [3.05, 3.63) is 65.3 Å². The van der Waals surface area contributed by atoms with Crippen LogP contribution in [0.5, 0.6) is 0 Å². The Balaban J connectivity index is 2.06. The van der Waals surface area contributed by atoms with Crippen molar-refractivity contribution in [2.75, 3.05) is 0 Å². The van der Waals surface area contributed by atoms with Crippen molar-refractivity contribution in [3.8, 4) is 0 Å². The van der Waals surface area contributed by atoms with Crippen molar-refractivity contribution in [2.45, 2.75) is 46.3 Å². The molecule has 1 aliphatic rings. The van der Waals surface area contributed by atoms with Crippen LogP contribution in [0.25, 0.3) is 6.08 Å². The van der Waals surface area contributed by atoms with Gasteiger partial charge < -0.3 is 0 Å². The largest absolute Gasteiger partial charge is 0.294 e. The summed E-state index contributed by atoms with van der Waals surface area (Å²) in [6.07, 6.45) is 10.6. The second kappa shape index (κ2) is 6.71. The van der Waals surface area contributed by atoms with Crippen LogP contribution < -0.4 is 0 Å². The minimum Gasteiger partial charge on any atom is -0.294 e. The van der Waals surface area contributed by atoms with E-state index < -0.39 is 0 Å². The summed E-state index contributed by atoms with van der Waals surface area (Å²) >= 11 is 0. The molecule has 1 aromatic rings. The SMILES string of the molecule is CC(C)N(Cc1ccc(C=C2C=CC=C2)cc1)C(C)C. The van der Waals surface area contributed by atoms with Gasteiger partial charge in [-0.1, -0.05) is 48.6 Å². The standard InChI is InChI=1S/C19H25N/c1-15(2)20(16(3)4)14-19-11-9-18(10-12-19)13-17-7-5-6-8-17/h5-13,15-16H,14H2,1-4H3. The van der Waals surface area contributed by atoms with Crippen molar-refractivity contribution in [3.63, 3.8) is 0 Å². The Morgan fingerprint density at radius 2 is 1.45 bits per heavy atom. The number of hydrogen-bond acceptors (Lipinski definition) is 1. The molecular weight excluding hydrogens is 242 g/mol. The third-order valence-corrected chi connectivity index (χ3v) is 3.69. The molecule has 0 saturated carbocycles. The average Bonchev–Trinajstić information content (AvgIpc) is 2.90. The Morgan fingerprint density at radius 3 is 1.95 bits per heavy atom. The molecule has 1 aliphatic carbocycles. The average molecular weight is 267 g/mol. The lowest BCUT2D eigenvalue weighted by Gasteiger charge is -2.30. The van der Waals surface area contributed by atoms with Gasteiger partial charge in [0.2, 0.25) is 0 Å². The Kier molecular flexibility index (Phi) is 4.97. The molecule has 0 spiro atoms. The molecule has 0 atom stereocenters. The number of hydrogen-bond donors (Lipinski definition) is 0. The predicted octanol–water partition coefficient (Wildman–Crippen LogP) is 4.81. The highest BCUT2D eigenvalue weighted by Crippen LogP contribution is 2.16. The van der Waals surface area contributed by atoms with Crippen LogP contribution in [0.1, 0.15) is 38.8 Å². The van der Waals surface area contributed by atoms with Crippen LogP contribution >= 0.6 is 0 Å². The summed E-state index contributed by atoms with van der Waals surface area (Å²) in [4.78, 5) is 2.51. The molecular formula is C19H25N. The third-order valence-electron chi connectivity index (χ3n) is 3.69. The van der Waals surface area contributed by atoms with Crippen LogP contribution in [0, 0.1) is 0 Å². The maximum absolute atomic E-state index is 2.51. The predicted molar refractivity (Wildman–Crippen MR) is 88.5 cm³/mol. The Hall–Kier alpha value is -1.60. The summed E-state index contributed by atoms with van der Waals surface area (Å²) in [5, 5.41) is 0. The van der Waals surface area contributed by atoms with Gasteiger partial charge in [0.1, 0.15) is 0 Å². The van der Waals surface area contributed by atoms with Gasteiger partial charge in [-0.25, -0.2) is 0 Å². The lowest BCUT2D eigenvalue weighted by Crippen LogP contribution is -2.36. The van der Waals surface area contributed by atoms with Crippen LogP contribution in [0.4, 0.5) is 0 Å². The van der Waals surface area contributed by atoms with Gasteiger partial charge in [0.05, 0.1) is 0 Å². The first kappa shape index (κ1) is 14.8. The zero-order chi connectivity index (χ0) is 14.5. The topological polar surface area (TPSA) is 3.24 Å². The fraction of sp³-hybridized carbons (Fsp3) is 0.368. The van der Waals surface area contributed by atoms with Crippen LogP contribution in [0.3, 0.4) is 0 Å². The first-order valence-electron chi connectivity index (χ1n) is 7.47. The smallest absolute Gasteiger partial charge is 0.0239 e. The highest BCUT2D eigenvalue weighted by molar-refractivity contribution is 5.62. The summed E-state index contributed by atoms with van der Waals surface area (Å²) in [6, 6.07) is 10.1. The lowest BCUT2D eigenvalue weighted by atomic mass is 10.1. The van der Waals surface area contributed by atoms with Crippen molar-refractivity contribution in [1.82, 2.24) is 4.90 Å².